The SMILES string of the molecule is CO[C@@H]1CCN(Cc2cccc(F)c2Br)C1. The van der Waals surface area contributed by atoms with Crippen LogP contribution >= 0.6 is 15.9 Å². The molecule has 1 aliphatic heterocycles. The smallest absolute Gasteiger partial charge is 0.137 e. The third-order valence-corrected chi connectivity index (χ3v) is 3.88. The number of ether oxygens (including phenoxy) is 1. The molecule has 1 saturated heterocycles. The largest absolute Gasteiger partial charge is 0.380 e. The van der Waals surface area contributed by atoms with Gasteiger partial charge in [-0.1, -0.05) is 12.1 Å². The maximum Gasteiger partial charge on any atom is 0.137 e. The van der Waals surface area contributed by atoms with E-state index >= 15 is 0 Å². The lowest BCUT2D eigenvalue weighted by atomic mass is 10.2. The zero-order valence-electron chi connectivity index (χ0n) is 9.25. The number of methoxy groups -OCH3 is 1. The van der Waals surface area contributed by atoms with E-state index in [0.29, 0.717) is 10.6 Å². The lowest BCUT2D eigenvalue weighted by Crippen LogP contribution is -2.22. The summed E-state index contributed by atoms with van der Waals surface area (Å²) in [6, 6.07) is 5.17. The summed E-state index contributed by atoms with van der Waals surface area (Å²) in [6.45, 7) is 2.72. The van der Waals surface area contributed by atoms with E-state index in [2.05, 4.69) is 20.8 Å². The summed E-state index contributed by atoms with van der Waals surface area (Å²) in [7, 11) is 1.74. The molecule has 2 rings (SSSR count). The molecular formula is C12H15BrFNO. The van der Waals surface area contributed by atoms with Gasteiger partial charge in [-0.3, -0.25) is 4.90 Å². The number of likely N-dealkylation sites (tertiary alicyclic amines) is 1. The molecule has 1 aromatic carbocycles. The summed E-state index contributed by atoms with van der Waals surface area (Å²) in [4.78, 5) is 2.29. The second-order valence-electron chi connectivity index (χ2n) is 4.09. The van der Waals surface area contributed by atoms with Gasteiger partial charge in [-0.2, -0.15) is 0 Å². The summed E-state index contributed by atoms with van der Waals surface area (Å²) in [6.07, 6.45) is 1.39. The highest BCUT2D eigenvalue weighted by molar-refractivity contribution is 9.10. The molecule has 0 bridgehead atoms. The van der Waals surface area contributed by atoms with Crippen molar-refractivity contribution in [3.8, 4) is 0 Å². The first kappa shape index (κ1) is 12.0. The van der Waals surface area contributed by atoms with Gasteiger partial charge in [0.2, 0.25) is 0 Å². The molecule has 0 spiro atoms. The maximum absolute atomic E-state index is 13.3. The zero-order valence-corrected chi connectivity index (χ0v) is 10.8. The van der Waals surface area contributed by atoms with E-state index in [1.54, 1.807) is 13.2 Å². The fraction of sp³-hybridized carbons (Fsp3) is 0.500. The van der Waals surface area contributed by atoms with Crippen LogP contribution in [0.4, 0.5) is 4.39 Å². The predicted molar refractivity (Wildman–Crippen MR) is 64.8 cm³/mol. The molecule has 0 N–H and O–H groups in total. The molecule has 1 heterocycles. The van der Waals surface area contributed by atoms with Gasteiger partial charge in [0.05, 0.1) is 10.6 Å². The number of halogens is 2. The molecule has 4 heteroatoms. The number of hydrogen-bond acceptors (Lipinski definition) is 2. The van der Waals surface area contributed by atoms with Gasteiger partial charge in [0, 0.05) is 26.7 Å². The Balaban J connectivity index is 2.02. The molecule has 1 aromatic rings. The van der Waals surface area contributed by atoms with Gasteiger partial charge in [-0.15, -0.1) is 0 Å². The second kappa shape index (κ2) is 5.25. The van der Waals surface area contributed by atoms with Crippen LogP contribution in [0.2, 0.25) is 0 Å². The van der Waals surface area contributed by atoms with Crippen LogP contribution in [0.1, 0.15) is 12.0 Å². The number of hydrogen-bond donors (Lipinski definition) is 0. The highest BCUT2D eigenvalue weighted by Gasteiger charge is 2.22. The zero-order chi connectivity index (χ0) is 11.5. The summed E-state index contributed by atoms with van der Waals surface area (Å²) < 4.78 is 19.2. The Labute approximate surface area is 104 Å². The van der Waals surface area contributed by atoms with Crippen molar-refractivity contribution in [2.75, 3.05) is 20.2 Å². The second-order valence-corrected chi connectivity index (χ2v) is 4.89. The summed E-state index contributed by atoms with van der Waals surface area (Å²) in [5.41, 5.74) is 0.997. The van der Waals surface area contributed by atoms with Crippen LogP contribution in [0.15, 0.2) is 22.7 Å². The molecule has 0 unspecified atom stereocenters. The molecule has 0 aliphatic carbocycles. The van der Waals surface area contributed by atoms with Gasteiger partial charge in [0.1, 0.15) is 5.82 Å². The van der Waals surface area contributed by atoms with Crippen LogP contribution in [0.25, 0.3) is 0 Å². The Hall–Kier alpha value is -0.450. The van der Waals surface area contributed by atoms with Gasteiger partial charge in [0.15, 0.2) is 0 Å². The van der Waals surface area contributed by atoms with Crippen LogP contribution < -0.4 is 0 Å². The predicted octanol–water partition coefficient (Wildman–Crippen LogP) is 2.81. The Kier molecular flexibility index (Phi) is 3.95. The van der Waals surface area contributed by atoms with E-state index in [9.17, 15) is 4.39 Å². The Morgan fingerprint density at radius 3 is 3.06 bits per heavy atom. The molecule has 0 amide bonds. The van der Waals surface area contributed by atoms with E-state index in [1.165, 1.54) is 6.07 Å². The van der Waals surface area contributed by atoms with Crippen LogP contribution in [0, 0.1) is 5.82 Å². The van der Waals surface area contributed by atoms with Crippen molar-refractivity contribution in [3.05, 3.63) is 34.1 Å². The molecule has 0 aromatic heterocycles. The molecule has 16 heavy (non-hydrogen) atoms. The van der Waals surface area contributed by atoms with Gasteiger partial charge in [-0.25, -0.2) is 4.39 Å². The minimum absolute atomic E-state index is 0.194. The number of rotatable bonds is 3. The first-order chi connectivity index (χ1) is 7.70. The summed E-state index contributed by atoms with van der Waals surface area (Å²) in [5.74, 6) is -0.194. The molecule has 0 radical (unpaired) electrons. The lowest BCUT2D eigenvalue weighted by molar-refractivity contribution is 0.107. The van der Waals surface area contributed by atoms with E-state index in [0.717, 1.165) is 31.6 Å². The van der Waals surface area contributed by atoms with Crippen LogP contribution in [-0.4, -0.2) is 31.2 Å². The first-order valence-corrected chi connectivity index (χ1v) is 6.18. The third-order valence-electron chi connectivity index (χ3n) is 2.99. The van der Waals surface area contributed by atoms with E-state index in [-0.39, 0.29) is 5.82 Å². The van der Waals surface area contributed by atoms with Crippen molar-refractivity contribution in [3.63, 3.8) is 0 Å². The molecule has 88 valence electrons. The molecule has 1 aliphatic rings. The Morgan fingerprint density at radius 1 is 1.56 bits per heavy atom. The molecule has 1 atom stereocenters. The molecular weight excluding hydrogens is 273 g/mol. The van der Waals surface area contributed by atoms with Crippen molar-refractivity contribution in [2.24, 2.45) is 0 Å². The summed E-state index contributed by atoms with van der Waals surface area (Å²) in [5, 5.41) is 0. The van der Waals surface area contributed by atoms with Gasteiger partial charge in [-0.05, 0) is 34.0 Å². The van der Waals surface area contributed by atoms with Crippen LogP contribution in [0.3, 0.4) is 0 Å². The van der Waals surface area contributed by atoms with Gasteiger partial charge < -0.3 is 4.74 Å². The fourth-order valence-corrected chi connectivity index (χ4v) is 2.43. The van der Waals surface area contributed by atoms with Gasteiger partial charge >= 0.3 is 0 Å². The fourth-order valence-electron chi connectivity index (χ4n) is 2.04. The topological polar surface area (TPSA) is 12.5 Å². The lowest BCUT2D eigenvalue weighted by Gasteiger charge is -2.16. The molecule has 0 saturated carbocycles. The van der Waals surface area contributed by atoms with Crippen LogP contribution in [-0.2, 0) is 11.3 Å². The summed E-state index contributed by atoms with van der Waals surface area (Å²) >= 11 is 3.29. The van der Waals surface area contributed by atoms with E-state index in [4.69, 9.17) is 4.74 Å². The Morgan fingerprint density at radius 2 is 2.38 bits per heavy atom. The normalized spacial score (nSPS) is 21.6. The van der Waals surface area contributed by atoms with Crippen LogP contribution in [0.5, 0.6) is 0 Å². The standard InChI is InChI=1S/C12H15BrFNO/c1-16-10-5-6-15(8-10)7-9-3-2-4-11(14)12(9)13/h2-4,10H,5-8H2,1H3/t10-/m1/s1. The van der Waals surface area contributed by atoms with Gasteiger partial charge in [0.25, 0.3) is 0 Å². The number of nitrogens with zero attached hydrogens (tertiary/aromatic N) is 1. The van der Waals surface area contributed by atoms with Crippen molar-refractivity contribution in [1.82, 2.24) is 4.90 Å². The minimum Gasteiger partial charge on any atom is -0.380 e. The first-order valence-electron chi connectivity index (χ1n) is 5.38. The van der Waals surface area contributed by atoms with E-state index in [1.807, 2.05) is 6.07 Å². The van der Waals surface area contributed by atoms with Crippen molar-refractivity contribution < 1.29 is 9.13 Å². The van der Waals surface area contributed by atoms with Crippen molar-refractivity contribution in [1.29, 1.82) is 0 Å². The van der Waals surface area contributed by atoms with Crippen molar-refractivity contribution >= 4 is 15.9 Å². The molecule has 2 nitrogen and oxygen atoms in total. The highest BCUT2D eigenvalue weighted by atomic mass is 79.9. The minimum atomic E-state index is -0.194. The number of benzene rings is 1. The van der Waals surface area contributed by atoms with Crippen molar-refractivity contribution in [2.45, 2.75) is 19.1 Å². The average Bonchev–Trinajstić information content (AvgIpc) is 2.73. The maximum atomic E-state index is 13.3. The highest BCUT2D eigenvalue weighted by Crippen LogP contribution is 2.23. The third kappa shape index (κ3) is 2.62. The average molecular weight is 288 g/mol. The Bertz CT molecular complexity index is 372. The quantitative estimate of drug-likeness (QED) is 0.848. The monoisotopic (exact) mass is 287 g/mol. The molecule has 1 fully saturated rings. The van der Waals surface area contributed by atoms with E-state index < -0.39 is 0 Å².